The molecular formula is C25H26N4O3. The summed E-state index contributed by atoms with van der Waals surface area (Å²) in [6, 6.07) is 15.7. The van der Waals surface area contributed by atoms with Crippen LogP contribution >= 0.6 is 0 Å². The molecule has 1 aliphatic rings. The summed E-state index contributed by atoms with van der Waals surface area (Å²) in [5, 5.41) is 4.07. The second-order valence-electron chi connectivity index (χ2n) is 8.03. The van der Waals surface area contributed by atoms with Crippen LogP contribution in [-0.4, -0.2) is 35.6 Å². The molecule has 7 nitrogen and oxygen atoms in total. The minimum absolute atomic E-state index is 0.00180. The van der Waals surface area contributed by atoms with Gasteiger partial charge in [-0.15, -0.1) is 0 Å². The van der Waals surface area contributed by atoms with E-state index in [0.717, 1.165) is 59.5 Å². The predicted molar refractivity (Wildman–Crippen MR) is 124 cm³/mol. The molecule has 0 atom stereocenters. The standard InChI is InChI=1S/C25H26N4O3/c1-2-31-19-9-7-17(8-10-19)15-26-25(30)18-11-13-29(14-12-18)24-23-22(27-16-28-24)20-5-3-4-6-21(20)32-23/h3-10,16,18H,2,11-15H2,1H3,(H,26,30). The maximum absolute atomic E-state index is 12.7. The van der Waals surface area contributed by atoms with Crippen molar-refractivity contribution in [1.82, 2.24) is 15.3 Å². The molecule has 0 saturated carbocycles. The molecule has 1 amide bonds. The SMILES string of the molecule is CCOc1ccc(CNC(=O)C2CCN(c3ncnc4c3oc3ccccc34)CC2)cc1. The van der Waals surface area contributed by atoms with E-state index in [4.69, 9.17) is 9.15 Å². The van der Waals surface area contributed by atoms with Gasteiger partial charge in [-0.3, -0.25) is 4.79 Å². The average Bonchev–Trinajstić information content (AvgIpc) is 3.23. The van der Waals surface area contributed by atoms with Crippen molar-refractivity contribution < 1.29 is 13.9 Å². The third kappa shape index (κ3) is 3.98. The zero-order chi connectivity index (χ0) is 21.9. The van der Waals surface area contributed by atoms with Crippen LogP contribution in [0.5, 0.6) is 5.75 Å². The summed E-state index contributed by atoms with van der Waals surface area (Å²) >= 11 is 0. The lowest BCUT2D eigenvalue weighted by Crippen LogP contribution is -2.40. The summed E-state index contributed by atoms with van der Waals surface area (Å²) in [6.45, 7) is 4.64. The lowest BCUT2D eigenvalue weighted by Gasteiger charge is -2.31. The third-order valence-corrected chi connectivity index (χ3v) is 6.01. The van der Waals surface area contributed by atoms with Crippen LogP contribution in [0.4, 0.5) is 5.82 Å². The van der Waals surface area contributed by atoms with Gasteiger partial charge in [0, 0.05) is 30.9 Å². The van der Waals surface area contributed by atoms with Crippen molar-refractivity contribution >= 4 is 33.8 Å². The van der Waals surface area contributed by atoms with Crippen molar-refractivity contribution in [3.8, 4) is 5.75 Å². The number of anilines is 1. The monoisotopic (exact) mass is 430 g/mol. The zero-order valence-corrected chi connectivity index (χ0v) is 18.1. The molecular weight excluding hydrogens is 404 g/mol. The highest BCUT2D eigenvalue weighted by Gasteiger charge is 2.27. The number of nitrogens with zero attached hydrogens (tertiary/aromatic N) is 3. The van der Waals surface area contributed by atoms with Gasteiger partial charge in [0.25, 0.3) is 0 Å². The Hall–Kier alpha value is -3.61. The van der Waals surface area contributed by atoms with Crippen molar-refractivity contribution in [2.45, 2.75) is 26.3 Å². The summed E-state index contributed by atoms with van der Waals surface area (Å²) in [4.78, 5) is 23.8. The maximum atomic E-state index is 12.7. The first-order valence-electron chi connectivity index (χ1n) is 11.1. The maximum Gasteiger partial charge on any atom is 0.223 e. The number of hydrogen-bond acceptors (Lipinski definition) is 6. The largest absolute Gasteiger partial charge is 0.494 e. The molecule has 32 heavy (non-hydrogen) atoms. The Morgan fingerprint density at radius 3 is 2.69 bits per heavy atom. The molecule has 7 heteroatoms. The first kappa shape index (κ1) is 20.3. The van der Waals surface area contributed by atoms with Gasteiger partial charge in [0.1, 0.15) is 23.2 Å². The van der Waals surface area contributed by atoms with Gasteiger partial charge in [-0.25, -0.2) is 9.97 Å². The zero-order valence-electron chi connectivity index (χ0n) is 18.1. The van der Waals surface area contributed by atoms with Gasteiger partial charge < -0.3 is 19.4 Å². The van der Waals surface area contributed by atoms with E-state index >= 15 is 0 Å². The Kier molecular flexibility index (Phi) is 5.62. The highest BCUT2D eigenvalue weighted by atomic mass is 16.5. The smallest absolute Gasteiger partial charge is 0.223 e. The summed E-state index contributed by atoms with van der Waals surface area (Å²) in [7, 11) is 0. The highest BCUT2D eigenvalue weighted by molar-refractivity contribution is 6.05. The number of fused-ring (bicyclic) bond motifs is 3. The van der Waals surface area contributed by atoms with Gasteiger partial charge in [-0.1, -0.05) is 24.3 Å². The van der Waals surface area contributed by atoms with Crippen LogP contribution < -0.4 is 15.0 Å². The lowest BCUT2D eigenvalue weighted by molar-refractivity contribution is -0.125. The van der Waals surface area contributed by atoms with Crippen LogP contribution in [0.25, 0.3) is 22.1 Å². The number of rotatable bonds is 6. The van der Waals surface area contributed by atoms with Gasteiger partial charge in [-0.05, 0) is 49.6 Å². The molecule has 164 valence electrons. The molecule has 0 aliphatic carbocycles. The summed E-state index contributed by atoms with van der Waals surface area (Å²) in [5.74, 6) is 1.76. The van der Waals surface area contributed by atoms with Gasteiger partial charge in [-0.2, -0.15) is 0 Å². The number of aromatic nitrogens is 2. The quantitative estimate of drug-likeness (QED) is 0.491. The Labute approximate surface area is 186 Å². The minimum Gasteiger partial charge on any atom is -0.494 e. The van der Waals surface area contributed by atoms with Crippen molar-refractivity contribution in [2.24, 2.45) is 5.92 Å². The van der Waals surface area contributed by atoms with Crippen molar-refractivity contribution in [3.05, 3.63) is 60.4 Å². The Balaban J connectivity index is 1.21. The molecule has 3 heterocycles. The summed E-state index contributed by atoms with van der Waals surface area (Å²) in [6.07, 6.45) is 3.15. The molecule has 4 aromatic rings. The fourth-order valence-electron chi connectivity index (χ4n) is 4.29. The highest BCUT2D eigenvalue weighted by Crippen LogP contribution is 2.33. The van der Waals surface area contributed by atoms with E-state index in [2.05, 4.69) is 20.2 Å². The molecule has 0 radical (unpaired) electrons. The Bertz CT molecular complexity index is 1230. The second kappa shape index (κ2) is 8.86. The molecule has 5 rings (SSSR count). The van der Waals surface area contributed by atoms with E-state index in [0.29, 0.717) is 18.7 Å². The number of piperidine rings is 1. The predicted octanol–water partition coefficient (Wildman–Crippen LogP) is 4.31. The van der Waals surface area contributed by atoms with Crippen molar-refractivity contribution in [2.75, 3.05) is 24.6 Å². The fraction of sp³-hybridized carbons (Fsp3) is 0.320. The van der Waals surface area contributed by atoms with Gasteiger partial charge >= 0.3 is 0 Å². The summed E-state index contributed by atoms with van der Waals surface area (Å²) in [5.41, 5.74) is 3.42. The first-order valence-corrected chi connectivity index (χ1v) is 11.1. The van der Waals surface area contributed by atoms with Crippen LogP contribution in [0.15, 0.2) is 59.3 Å². The molecule has 1 saturated heterocycles. The number of furan rings is 1. The molecule has 2 aromatic heterocycles. The molecule has 2 aromatic carbocycles. The lowest BCUT2D eigenvalue weighted by atomic mass is 9.95. The Morgan fingerprint density at radius 2 is 1.91 bits per heavy atom. The van der Waals surface area contributed by atoms with E-state index in [1.807, 2.05) is 55.5 Å². The Morgan fingerprint density at radius 1 is 1.12 bits per heavy atom. The van der Waals surface area contributed by atoms with Crippen LogP contribution in [0, 0.1) is 5.92 Å². The molecule has 1 N–H and O–H groups in total. The van der Waals surface area contributed by atoms with Crippen LogP contribution in [-0.2, 0) is 11.3 Å². The fourth-order valence-corrected chi connectivity index (χ4v) is 4.29. The molecule has 0 bridgehead atoms. The van der Waals surface area contributed by atoms with E-state index in [1.54, 1.807) is 6.33 Å². The van der Waals surface area contributed by atoms with E-state index in [-0.39, 0.29) is 11.8 Å². The number of hydrogen-bond donors (Lipinski definition) is 1. The number of carbonyl (C=O) groups is 1. The summed E-state index contributed by atoms with van der Waals surface area (Å²) < 4.78 is 11.5. The molecule has 0 spiro atoms. The number of nitrogens with one attached hydrogen (secondary N) is 1. The molecule has 1 fully saturated rings. The van der Waals surface area contributed by atoms with Crippen LogP contribution in [0.3, 0.4) is 0 Å². The van der Waals surface area contributed by atoms with Crippen molar-refractivity contribution in [3.63, 3.8) is 0 Å². The number of carbonyl (C=O) groups excluding carboxylic acids is 1. The first-order chi connectivity index (χ1) is 15.7. The minimum atomic E-state index is 0.00180. The molecule has 0 unspecified atom stereocenters. The van der Waals surface area contributed by atoms with E-state index in [9.17, 15) is 4.79 Å². The number of benzene rings is 2. The molecule has 1 aliphatic heterocycles. The number of amides is 1. The second-order valence-corrected chi connectivity index (χ2v) is 8.03. The van der Waals surface area contributed by atoms with E-state index < -0.39 is 0 Å². The average molecular weight is 431 g/mol. The number of para-hydroxylation sites is 1. The number of ether oxygens (including phenoxy) is 1. The van der Waals surface area contributed by atoms with Gasteiger partial charge in [0.2, 0.25) is 5.91 Å². The van der Waals surface area contributed by atoms with E-state index in [1.165, 1.54) is 0 Å². The topological polar surface area (TPSA) is 80.5 Å². The third-order valence-electron chi connectivity index (χ3n) is 6.01. The van der Waals surface area contributed by atoms with Crippen molar-refractivity contribution in [1.29, 1.82) is 0 Å². The van der Waals surface area contributed by atoms with Crippen LogP contribution in [0.2, 0.25) is 0 Å². The van der Waals surface area contributed by atoms with Gasteiger partial charge in [0.05, 0.1) is 6.61 Å². The van der Waals surface area contributed by atoms with Crippen LogP contribution in [0.1, 0.15) is 25.3 Å². The van der Waals surface area contributed by atoms with Gasteiger partial charge in [0.15, 0.2) is 11.4 Å². The normalized spacial score (nSPS) is 14.7.